The predicted octanol–water partition coefficient (Wildman–Crippen LogP) is 3.50. The van der Waals surface area contributed by atoms with Gasteiger partial charge in [-0.3, -0.25) is 4.79 Å². The number of nitrogens with one attached hydrogen (secondary N) is 3. The third-order valence-electron chi connectivity index (χ3n) is 6.04. The van der Waals surface area contributed by atoms with Crippen LogP contribution in [-0.4, -0.2) is 60.2 Å². The number of pyridine rings is 1. The number of phenolic OH excluding ortho intramolecular Hbond substituents is 1. The van der Waals surface area contributed by atoms with Gasteiger partial charge in [-0.05, 0) is 56.4 Å². The van der Waals surface area contributed by atoms with E-state index in [1.54, 1.807) is 12.3 Å². The summed E-state index contributed by atoms with van der Waals surface area (Å²) in [5.41, 5.74) is 2.38. The second-order valence-electron chi connectivity index (χ2n) is 8.73. The highest BCUT2D eigenvalue weighted by atomic mass is 16.3. The third-order valence-corrected chi connectivity index (χ3v) is 6.04. The zero-order valence-corrected chi connectivity index (χ0v) is 19.9. The minimum atomic E-state index is -0.523. The van der Waals surface area contributed by atoms with E-state index >= 15 is 0 Å². The van der Waals surface area contributed by atoms with Gasteiger partial charge >= 0.3 is 6.03 Å². The van der Waals surface area contributed by atoms with Gasteiger partial charge in [-0.25, -0.2) is 9.78 Å². The maximum atomic E-state index is 12.8. The number of urea groups is 1. The van der Waals surface area contributed by atoms with Crippen LogP contribution in [0.3, 0.4) is 0 Å². The number of aromatic nitrogens is 1. The van der Waals surface area contributed by atoms with Gasteiger partial charge in [-0.2, -0.15) is 0 Å². The molecule has 1 fully saturated rings. The van der Waals surface area contributed by atoms with Gasteiger partial charge in [0.25, 0.3) is 5.91 Å². The molecule has 0 spiro atoms. The first-order valence-corrected chi connectivity index (χ1v) is 11.5. The van der Waals surface area contributed by atoms with E-state index in [1.807, 2.05) is 36.4 Å². The number of hydrogen-bond donors (Lipinski definition) is 4. The Hall–Kier alpha value is -4.11. The molecule has 9 nitrogen and oxygen atoms in total. The Bertz CT molecular complexity index is 1170. The molecular weight excluding hydrogens is 444 g/mol. The van der Waals surface area contributed by atoms with E-state index in [9.17, 15) is 14.7 Å². The fourth-order valence-electron chi connectivity index (χ4n) is 3.98. The summed E-state index contributed by atoms with van der Waals surface area (Å²) in [5, 5.41) is 18.4. The summed E-state index contributed by atoms with van der Waals surface area (Å²) in [6.07, 6.45) is 2.84. The molecule has 9 heteroatoms. The average Bonchev–Trinajstić information content (AvgIpc) is 3.36. The van der Waals surface area contributed by atoms with Gasteiger partial charge in [0.2, 0.25) is 0 Å². The Morgan fingerprint density at radius 2 is 1.89 bits per heavy atom. The van der Waals surface area contributed by atoms with Crippen LogP contribution in [0.5, 0.6) is 5.75 Å². The lowest BCUT2D eigenvalue weighted by Crippen LogP contribution is -2.31. The zero-order chi connectivity index (χ0) is 24.8. The SMILES string of the molecule is CN(C)C1CCN(c2ccc(NC(=O)c3cc(NC(=O)NCc4ccccc4)ccc3O)nc2)C1. The van der Waals surface area contributed by atoms with Crippen molar-refractivity contribution < 1.29 is 14.7 Å². The Morgan fingerprint density at radius 1 is 1.09 bits per heavy atom. The molecule has 1 aliphatic rings. The second kappa shape index (κ2) is 10.9. The Morgan fingerprint density at radius 3 is 2.57 bits per heavy atom. The molecule has 2 aromatic carbocycles. The Labute approximate surface area is 204 Å². The molecule has 3 amide bonds. The van der Waals surface area contributed by atoms with Crippen LogP contribution in [0.4, 0.5) is 22.0 Å². The third kappa shape index (κ3) is 6.27. The molecule has 1 unspecified atom stereocenters. The molecule has 1 aromatic heterocycles. The van der Waals surface area contributed by atoms with Crippen LogP contribution >= 0.6 is 0 Å². The van der Waals surface area contributed by atoms with Gasteiger partial charge in [0.05, 0.1) is 17.4 Å². The van der Waals surface area contributed by atoms with E-state index in [0.29, 0.717) is 24.1 Å². The molecule has 2 heterocycles. The minimum absolute atomic E-state index is 0.0325. The first kappa shape index (κ1) is 24.0. The van der Waals surface area contributed by atoms with Crippen molar-refractivity contribution >= 4 is 29.1 Å². The Balaban J connectivity index is 1.35. The van der Waals surface area contributed by atoms with Crippen molar-refractivity contribution in [3.05, 3.63) is 78.0 Å². The number of benzene rings is 2. The van der Waals surface area contributed by atoms with Crippen LogP contribution in [0.25, 0.3) is 0 Å². The van der Waals surface area contributed by atoms with Crippen LogP contribution in [0.15, 0.2) is 66.9 Å². The van der Waals surface area contributed by atoms with Gasteiger partial charge < -0.3 is 30.9 Å². The fourth-order valence-corrected chi connectivity index (χ4v) is 3.98. The topological polar surface area (TPSA) is 110 Å². The van der Waals surface area contributed by atoms with E-state index in [-0.39, 0.29) is 11.3 Å². The lowest BCUT2D eigenvalue weighted by atomic mass is 10.1. The molecule has 0 bridgehead atoms. The van der Waals surface area contributed by atoms with E-state index in [0.717, 1.165) is 30.8 Å². The van der Waals surface area contributed by atoms with Gasteiger partial charge in [0, 0.05) is 31.4 Å². The molecule has 1 atom stereocenters. The molecule has 0 aliphatic carbocycles. The van der Waals surface area contributed by atoms with E-state index < -0.39 is 11.9 Å². The van der Waals surface area contributed by atoms with Crippen molar-refractivity contribution in [2.75, 3.05) is 42.7 Å². The molecule has 4 N–H and O–H groups in total. The van der Waals surface area contributed by atoms with Crippen LogP contribution < -0.4 is 20.9 Å². The van der Waals surface area contributed by atoms with Crippen molar-refractivity contribution in [1.82, 2.24) is 15.2 Å². The van der Waals surface area contributed by atoms with Gasteiger partial charge in [0.1, 0.15) is 11.6 Å². The summed E-state index contributed by atoms with van der Waals surface area (Å²) in [6.45, 7) is 2.27. The summed E-state index contributed by atoms with van der Waals surface area (Å²) < 4.78 is 0. The number of anilines is 3. The van der Waals surface area contributed by atoms with E-state index in [1.165, 1.54) is 18.2 Å². The molecule has 3 aromatic rings. The maximum Gasteiger partial charge on any atom is 0.319 e. The van der Waals surface area contributed by atoms with Crippen molar-refractivity contribution in [1.29, 1.82) is 0 Å². The standard InChI is InChI=1S/C26H30N6O3/c1-31(2)21-12-13-32(17-21)20-9-11-24(27-16-20)30-25(34)22-14-19(8-10-23(22)33)29-26(35)28-15-18-6-4-3-5-7-18/h3-11,14,16,21,33H,12-13,15,17H2,1-2H3,(H,27,30,34)(H2,28,29,35). The lowest BCUT2D eigenvalue weighted by Gasteiger charge is -2.21. The number of nitrogens with zero attached hydrogens (tertiary/aromatic N) is 3. The molecule has 35 heavy (non-hydrogen) atoms. The highest BCUT2D eigenvalue weighted by molar-refractivity contribution is 6.06. The van der Waals surface area contributed by atoms with Crippen LogP contribution in [-0.2, 0) is 6.54 Å². The number of phenols is 1. The number of carbonyl (C=O) groups excluding carboxylic acids is 2. The number of carbonyl (C=O) groups is 2. The van der Waals surface area contributed by atoms with Crippen molar-refractivity contribution in [3.63, 3.8) is 0 Å². The first-order chi connectivity index (χ1) is 16.9. The lowest BCUT2D eigenvalue weighted by molar-refractivity contribution is 0.102. The van der Waals surface area contributed by atoms with E-state index in [4.69, 9.17) is 0 Å². The summed E-state index contributed by atoms with van der Waals surface area (Å²) in [7, 11) is 4.17. The number of amides is 3. The normalized spacial score (nSPS) is 15.2. The average molecular weight is 475 g/mol. The van der Waals surface area contributed by atoms with Crippen LogP contribution in [0.2, 0.25) is 0 Å². The van der Waals surface area contributed by atoms with Crippen molar-refractivity contribution in [2.45, 2.75) is 19.0 Å². The summed E-state index contributed by atoms with van der Waals surface area (Å²) in [4.78, 5) is 33.9. The largest absolute Gasteiger partial charge is 0.507 e. The smallest absolute Gasteiger partial charge is 0.319 e. The summed E-state index contributed by atoms with van der Waals surface area (Å²) in [6, 6.07) is 17.6. The van der Waals surface area contributed by atoms with Crippen LogP contribution in [0.1, 0.15) is 22.3 Å². The molecule has 1 saturated heterocycles. The van der Waals surface area contributed by atoms with Gasteiger partial charge in [-0.15, -0.1) is 0 Å². The van der Waals surface area contributed by atoms with Gasteiger partial charge in [0.15, 0.2) is 0 Å². The minimum Gasteiger partial charge on any atom is -0.507 e. The number of rotatable bonds is 7. The quantitative estimate of drug-likeness (QED) is 0.390. The summed E-state index contributed by atoms with van der Waals surface area (Å²) in [5.74, 6) is -0.341. The first-order valence-electron chi connectivity index (χ1n) is 11.5. The maximum absolute atomic E-state index is 12.8. The molecular formula is C26H30N6O3. The number of aromatic hydroxyl groups is 1. The van der Waals surface area contributed by atoms with E-state index in [2.05, 4.69) is 44.8 Å². The number of hydrogen-bond acceptors (Lipinski definition) is 6. The second-order valence-corrected chi connectivity index (χ2v) is 8.73. The molecule has 0 saturated carbocycles. The van der Waals surface area contributed by atoms with Crippen molar-refractivity contribution in [2.24, 2.45) is 0 Å². The van der Waals surface area contributed by atoms with Crippen molar-refractivity contribution in [3.8, 4) is 5.75 Å². The van der Waals surface area contributed by atoms with Gasteiger partial charge in [-0.1, -0.05) is 30.3 Å². The molecule has 1 aliphatic heterocycles. The predicted molar refractivity (Wildman–Crippen MR) is 137 cm³/mol. The number of likely N-dealkylation sites (N-methyl/N-ethyl adjacent to an activating group) is 1. The summed E-state index contributed by atoms with van der Waals surface area (Å²) >= 11 is 0. The fraction of sp³-hybridized carbons (Fsp3) is 0.269. The molecule has 4 rings (SSSR count). The molecule has 0 radical (unpaired) electrons. The molecule has 182 valence electrons. The Kier molecular flexibility index (Phi) is 7.47. The van der Waals surface area contributed by atoms with Crippen LogP contribution in [0, 0.1) is 0 Å². The monoisotopic (exact) mass is 474 g/mol. The highest BCUT2D eigenvalue weighted by Gasteiger charge is 2.24. The zero-order valence-electron chi connectivity index (χ0n) is 19.9. The highest BCUT2D eigenvalue weighted by Crippen LogP contribution is 2.25.